The number of alkyl halides is 2. The van der Waals surface area contributed by atoms with Crippen LogP contribution >= 0.6 is 11.6 Å². The Balaban J connectivity index is 2.95. The first kappa shape index (κ1) is 11.2. The van der Waals surface area contributed by atoms with Gasteiger partial charge in [0.2, 0.25) is 0 Å². The van der Waals surface area contributed by atoms with Gasteiger partial charge in [-0.05, 0) is 25.1 Å². The Morgan fingerprint density at radius 1 is 1.43 bits per heavy atom. The fourth-order valence-corrected chi connectivity index (χ4v) is 1.39. The van der Waals surface area contributed by atoms with E-state index in [1.807, 2.05) is 0 Å². The zero-order valence-electron chi connectivity index (χ0n) is 7.34. The van der Waals surface area contributed by atoms with Crippen LogP contribution in [0.3, 0.4) is 0 Å². The first-order valence-electron chi connectivity index (χ1n) is 4.07. The van der Waals surface area contributed by atoms with Gasteiger partial charge >= 0.3 is 6.61 Å². The van der Waals surface area contributed by atoms with Crippen molar-refractivity contribution in [1.82, 2.24) is 0 Å². The molecule has 0 saturated carbocycles. The molecule has 0 amide bonds. The van der Waals surface area contributed by atoms with Crippen LogP contribution in [-0.2, 0) is 6.42 Å². The van der Waals surface area contributed by atoms with E-state index in [0.717, 1.165) is 0 Å². The Morgan fingerprint density at radius 2 is 2.14 bits per heavy atom. The van der Waals surface area contributed by atoms with E-state index in [0.29, 0.717) is 23.6 Å². The van der Waals surface area contributed by atoms with E-state index in [4.69, 9.17) is 17.3 Å². The summed E-state index contributed by atoms with van der Waals surface area (Å²) in [5.41, 5.74) is 5.85. The lowest BCUT2D eigenvalue weighted by Crippen LogP contribution is -2.08. The molecule has 0 radical (unpaired) electrons. The van der Waals surface area contributed by atoms with Crippen LogP contribution in [-0.4, -0.2) is 13.2 Å². The first-order valence-corrected chi connectivity index (χ1v) is 4.45. The van der Waals surface area contributed by atoms with Crippen molar-refractivity contribution in [2.45, 2.75) is 13.0 Å². The van der Waals surface area contributed by atoms with Crippen LogP contribution in [0.1, 0.15) is 5.56 Å². The summed E-state index contributed by atoms with van der Waals surface area (Å²) in [5, 5.41) is 0.397. The normalized spacial score (nSPS) is 10.6. The minimum atomic E-state index is -2.84. The molecule has 2 nitrogen and oxygen atoms in total. The van der Waals surface area contributed by atoms with Crippen molar-refractivity contribution >= 4 is 11.6 Å². The fourth-order valence-electron chi connectivity index (χ4n) is 1.13. The van der Waals surface area contributed by atoms with Gasteiger partial charge in [0.25, 0.3) is 0 Å². The van der Waals surface area contributed by atoms with Gasteiger partial charge in [-0.3, -0.25) is 0 Å². The third-order valence-electron chi connectivity index (χ3n) is 1.69. The van der Waals surface area contributed by atoms with Crippen molar-refractivity contribution in [3.63, 3.8) is 0 Å². The zero-order chi connectivity index (χ0) is 10.6. The molecule has 78 valence electrons. The van der Waals surface area contributed by atoms with E-state index in [9.17, 15) is 8.78 Å². The summed E-state index contributed by atoms with van der Waals surface area (Å²) < 4.78 is 28.3. The maximum Gasteiger partial charge on any atom is 0.387 e. The van der Waals surface area contributed by atoms with Gasteiger partial charge in [0.15, 0.2) is 0 Å². The smallest absolute Gasteiger partial charge is 0.387 e. The molecule has 1 rings (SSSR count). The Kier molecular flexibility index (Phi) is 4.10. The maximum absolute atomic E-state index is 12.0. The van der Waals surface area contributed by atoms with Gasteiger partial charge in [-0.15, -0.1) is 0 Å². The molecule has 0 unspecified atom stereocenters. The number of hydrogen-bond donors (Lipinski definition) is 1. The number of rotatable bonds is 4. The molecule has 0 aliphatic rings. The van der Waals surface area contributed by atoms with Gasteiger partial charge in [-0.2, -0.15) is 8.78 Å². The van der Waals surface area contributed by atoms with Crippen molar-refractivity contribution in [3.8, 4) is 5.75 Å². The van der Waals surface area contributed by atoms with E-state index in [1.54, 1.807) is 12.1 Å². The average molecular weight is 222 g/mol. The molecule has 14 heavy (non-hydrogen) atoms. The molecule has 0 fully saturated rings. The number of benzene rings is 1. The molecular formula is C9H10ClF2NO. The molecule has 0 aliphatic heterocycles. The highest BCUT2D eigenvalue weighted by atomic mass is 35.5. The first-order chi connectivity index (χ1) is 6.65. The van der Waals surface area contributed by atoms with Gasteiger partial charge in [0.1, 0.15) is 5.75 Å². The lowest BCUT2D eigenvalue weighted by molar-refractivity contribution is -0.0504. The molecule has 1 aromatic carbocycles. The third-order valence-corrected chi connectivity index (χ3v) is 2.04. The Labute approximate surface area is 85.6 Å². The molecule has 0 spiro atoms. The van der Waals surface area contributed by atoms with Crippen LogP contribution in [0.5, 0.6) is 5.75 Å². The summed E-state index contributed by atoms with van der Waals surface area (Å²) in [4.78, 5) is 0. The predicted octanol–water partition coefficient (Wildman–Crippen LogP) is 2.44. The monoisotopic (exact) mass is 221 g/mol. The fraction of sp³-hybridized carbons (Fsp3) is 0.333. The molecule has 1 aromatic rings. The Hall–Kier alpha value is -0.870. The zero-order valence-corrected chi connectivity index (χ0v) is 8.10. The number of halogens is 3. The van der Waals surface area contributed by atoms with Gasteiger partial charge in [-0.1, -0.05) is 17.7 Å². The van der Waals surface area contributed by atoms with Crippen LogP contribution in [0.2, 0.25) is 5.02 Å². The molecule has 2 N–H and O–H groups in total. The van der Waals surface area contributed by atoms with Crippen LogP contribution in [0.25, 0.3) is 0 Å². The molecule has 0 saturated heterocycles. The summed E-state index contributed by atoms with van der Waals surface area (Å²) in [6.07, 6.45) is 0.418. The molecule has 0 heterocycles. The van der Waals surface area contributed by atoms with Gasteiger partial charge in [0, 0.05) is 10.6 Å². The Bertz CT molecular complexity index is 307. The summed E-state index contributed by atoms with van der Waals surface area (Å²) in [6.45, 7) is -2.51. The molecule has 0 aromatic heterocycles. The van der Waals surface area contributed by atoms with Gasteiger partial charge in [-0.25, -0.2) is 0 Å². The average Bonchev–Trinajstić information content (AvgIpc) is 2.10. The van der Waals surface area contributed by atoms with E-state index in [1.165, 1.54) is 6.07 Å². The van der Waals surface area contributed by atoms with Crippen LogP contribution in [0.15, 0.2) is 18.2 Å². The van der Waals surface area contributed by atoms with Crippen LogP contribution in [0, 0.1) is 0 Å². The van der Waals surface area contributed by atoms with Crippen LogP contribution in [0.4, 0.5) is 8.78 Å². The van der Waals surface area contributed by atoms with E-state index in [2.05, 4.69) is 4.74 Å². The Morgan fingerprint density at radius 3 is 2.71 bits per heavy atom. The van der Waals surface area contributed by atoms with Crippen LogP contribution < -0.4 is 10.5 Å². The number of nitrogens with two attached hydrogens (primary N) is 1. The number of ether oxygens (including phenoxy) is 1. The second kappa shape index (κ2) is 5.12. The summed E-state index contributed by atoms with van der Waals surface area (Å²) in [5.74, 6) is 0.0953. The highest BCUT2D eigenvalue weighted by Crippen LogP contribution is 2.27. The van der Waals surface area contributed by atoms with Crippen molar-refractivity contribution in [1.29, 1.82) is 0 Å². The topological polar surface area (TPSA) is 35.2 Å². The standard InChI is InChI=1S/C9H10ClF2NO/c10-7-2-1-3-8(14-9(11)12)6(7)4-5-13/h1-3,9H,4-5,13H2. The molecular weight excluding hydrogens is 212 g/mol. The predicted molar refractivity (Wildman–Crippen MR) is 50.8 cm³/mol. The summed E-state index contributed by atoms with van der Waals surface area (Å²) in [7, 11) is 0. The third kappa shape index (κ3) is 2.82. The largest absolute Gasteiger partial charge is 0.434 e. The van der Waals surface area contributed by atoms with Crippen molar-refractivity contribution < 1.29 is 13.5 Å². The molecule has 0 bridgehead atoms. The van der Waals surface area contributed by atoms with Crippen molar-refractivity contribution in [3.05, 3.63) is 28.8 Å². The van der Waals surface area contributed by atoms with E-state index in [-0.39, 0.29) is 5.75 Å². The maximum atomic E-state index is 12.0. The van der Waals surface area contributed by atoms with Gasteiger partial charge < -0.3 is 10.5 Å². The van der Waals surface area contributed by atoms with Crippen molar-refractivity contribution in [2.24, 2.45) is 5.73 Å². The highest BCUT2D eigenvalue weighted by Gasteiger charge is 2.11. The quantitative estimate of drug-likeness (QED) is 0.848. The summed E-state index contributed by atoms with van der Waals surface area (Å²) in [6, 6.07) is 4.62. The SMILES string of the molecule is NCCc1c(Cl)cccc1OC(F)F. The van der Waals surface area contributed by atoms with E-state index >= 15 is 0 Å². The van der Waals surface area contributed by atoms with Crippen molar-refractivity contribution in [2.75, 3.05) is 6.54 Å². The lowest BCUT2D eigenvalue weighted by Gasteiger charge is -2.11. The highest BCUT2D eigenvalue weighted by molar-refractivity contribution is 6.31. The second-order valence-corrected chi connectivity index (χ2v) is 3.04. The van der Waals surface area contributed by atoms with Gasteiger partial charge in [0.05, 0.1) is 0 Å². The second-order valence-electron chi connectivity index (χ2n) is 2.63. The number of hydrogen-bond acceptors (Lipinski definition) is 2. The van der Waals surface area contributed by atoms with E-state index < -0.39 is 6.61 Å². The molecule has 5 heteroatoms. The summed E-state index contributed by atoms with van der Waals surface area (Å²) >= 11 is 5.81. The minimum absolute atomic E-state index is 0.0953. The minimum Gasteiger partial charge on any atom is -0.434 e. The molecule has 0 aliphatic carbocycles. The lowest BCUT2D eigenvalue weighted by atomic mass is 10.1. The molecule has 0 atom stereocenters.